The van der Waals surface area contributed by atoms with Crippen molar-refractivity contribution in [1.82, 2.24) is 4.90 Å². The molecule has 29 heavy (non-hydrogen) atoms. The van der Waals surface area contributed by atoms with Gasteiger partial charge in [-0.1, -0.05) is 45.0 Å². The Labute approximate surface area is 176 Å². The highest BCUT2D eigenvalue weighted by molar-refractivity contribution is 5.80. The third-order valence-corrected chi connectivity index (χ3v) is 10.7. The van der Waals surface area contributed by atoms with Gasteiger partial charge in [-0.05, 0) is 91.6 Å². The first-order valence-electron chi connectivity index (χ1n) is 12.3. The zero-order valence-corrected chi connectivity index (χ0v) is 18.5. The second-order valence-electron chi connectivity index (χ2n) is 12.0. The summed E-state index contributed by atoms with van der Waals surface area (Å²) in [5.41, 5.74) is 3.32. The summed E-state index contributed by atoms with van der Waals surface area (Å²) in [6, 6.07) is 9.40. The van der Waals surface area contributed by atoms with Crippen molar-refractivity contribution in [3.05, 3.63) is 35.4 Å². The van der Waals surface area contributed by atoms with Gasteiger partial charge in [0.15, 0.2) is 0 Å². The lowest BCUT2D eigenvalue weighted by Crippen LogP contribution is -2.65. The minimum atomic E-state index is 0.122. The normalized spacial score (nSPS) is 44.3. The van der Waals surface area contributed by atoms with E-state index in [4.69, 9.17) is 0 Å². The van der Waals surface area contributed by atoms with Crippen molar-refractivity contribution in [3.63, 3.8) is 0 Å². The standard InChI is InChI=1S/C27H37NO/c1-26(2)24-16-19-6-4-5-7-23(19)27(26,3)10-11-28(24)25(29)21-9-8-17-12-18-14-20(13-17)22(21)15-18/h4-7,17-18,20-22,24H,8-16H2,1-3H3/t17?,18?,20?,21?,22?,24-,27+/m1/s1. The first-order chi connectivity index (χ1) is 13.9. The lowest BCUT2D eigenvalue weighted by atomic mass is 9.51. The fourth-order valence-corrected chi connectivity index (χ4v) is 8.75. The highest BCUT2D eigenvalue weighted by atomic mass is 16.2. The molecule has 5 bridgehead atoms. The molecule has 1 aliphatic heterocycles. The average molecular weight is 392 g/mol. The van der Waals surface area contributed by atoms with Crippen LogP contribution < -0.4 is 0 Å². The SMILES string of the molecule is CC1(C)[C@H]2Cc3ccccc3[C@]1(C)CCN2C(=O)C1CCC2CC3CC(C2)C1C3. The first kappa shape index (κ1) is 18.5. The van der Waals surface area contributed by atoms with Crippen LogP contribution in [-0.2, 0) is 16.6 Å². The largest absolute Gasteiger partial charge is 0.339 e. The summed E-state index contributed by atoms with van der Waals surface area (Å²) in [7, 11) is 0. The van der Waals surface area contributed by atoms with E-state index < -0.39 is 0 Å². The van der Waals surface area contributed by atoms with Gasteiger partial charge in [0.1, 0.15) is 0 Å². The third kappa shape index (κ3) is 2.44. The lowest BCUT2D eigenvalue weighted by molar-refractivity contribution is -0.150. The highest BCUT2D eigenvalue weighted by Crippen LogP contribution is 2.58. The van der Waals surface area contributed by atoms with Gasteiger partial charge in [-0.25, -0.2) is 0 Å². The fourth-order valence-electron chi connectivity index (χ4n) is 8.75. The van der Waals surface area contributed by atoms with Crippen LogP contribution >= 0.6 is 0 Å². The summed E-state index contributed by atoms with van der Waals surface area (Å²) in [6.45, 7) is 8.30. The van der Waals surface area contributed by atoms with Crippen molar-refractivity contribution < 1.29 is 4.79 Å². The number of likely N-dealkylation sites (tertiary alicyclic amines) is 1. The van der Waals surface area contributed by atoms with Gasteiger partial charge in [-0.3, -0.25) is 4.79 Å². The minimum absolute atomic E-state index is 0.122. The van der Waals surface area contributed by atoms with Crippen LogP contribution in [0.3, 0.4) is 0 Å². The summed E-state index contributed by atoms with van der Waals surface area (Å²) in [4.78, 5) is 16.5. The molecule has 2 nitrogen and oxygen atoms in total. The number of carbonyl (C=O) groups excluding carboxylic acids is 1. The summed E-state index contributed by atoms with van der Waals surface area (Å²) in [5.74, 6) is 4.24. The number of amides is 1. The van der Waals surface area contributed by atoms with Crippen molar-refractivity contribution in [2.75, 3.05) is 6.54 Å². The van der Waals surface area contributed by atoms with Crippen LogP contribution in [0.4, 0.5) is 0 Å². The molecule has 4 aliphatic carbocycles. The molecular weight excluding hydrogens is 354 g/mol. The molecule has 1 amide bonds. The predicted octanol–water partition coefficient (Wildman–Crippen LogP) is 5.59. The van der Waals surface area contributed by atoms with E-state index in [0.717, 1.165) is 43.6 Å². The van der Waals surface area contributed by atoms with Crippen molar-refractivity contribution in [3.8, 4) is 0 Å². The van der Waals surface area contributed by atoms with Gasteiger partial charge < -0.3 is 4.90 Å². The monoisotopic (exact) mass is 391 g/mol. The molecule has 1 heterocycles. The molecular formula is C27H37NO. The van der Waals surface area contributed by atoms with E-state index in [1.54, 1.807) is 5.56 Å². The van der Waals surface area contributed by atoms with Crippen molar-refractivity contribution in [1.29, 1.82) is 0 Å². The van der Waals surface area contributed by atoms with Gasteiger partial charge in [0.05, 0.1) is 0 Å². The molecule has 0 radical (unpaired) electrons. The van der Waals surface area contributed by atoms with Crippen molar-refractivity contribution >= 4 is 5.91 Å². The predicted molar refractivity (Wildman–Crippen MR) is 117 cm³/mol. The minimum Gasteiger partial charge on any atom is -0.339 e. The number of nitrogens with zero attached hydrogens (tertiary/aromatic N) is 1. The molecule has 1 saturated heterocycles. The van der Waals surface area contributed by atoms with Crippen LogP contribution in [0.15, 0.2) is 24.3 Å². The summed E-state index contributed by atoms with van der Waals surface area (Å²) in [6.07, 6.45) is 10.3. The summed E-state index contributed by atoms with van der Waals surface area (Å²) < 4.78 is 0. The Morgan fingerprint density at radius 3 is 2.66 bits per heavy atom. The molecule has 5 aliphatic rings. The number of benzene rings is 1. The molecule has 156 valence electrons. The second-order valence-corrected chi connectivity index (χ2v) is 12.0. The Balaban J connectivity index is 1.34. The van der Waals surface area contributed by atoms with Gasteiger partial charge >= 0.3 is 0 Å². The Hall–Kier alpha value is -1.31. The zero-order valence-electron chi connectivity index (χ0n) is 18.5. The second kappa shape index (κ2) is 6.11. The fraction of sp³-hybridized carbons (Fsp3) is 0.741. The maximum absolute atomic E-state index is 14.1. The lowest BCUT2D eigenvalue weighted by Gasteiger charge is -2.61. The summed E-state index contributed by atoms with van der Waals surface area (Å²) >= 11 is 0. The van der Waals surface area contributed by atoms with Gasteiger partial charge in [0.2, 0.25) is 5.91 Å². The zero-order chi connectivity index (χ0) is 20.0. The molecule has 4 fully saturated rings. The molecule has 0 aromatic heterocycles. The van der Waals surface area contributed by atoms with Crippen LogP contribution in [0.25, 0.3) is 0 Å². The number of fused-ring (bicyclic) bond motifs is 6. The molecule has 2 heteroatoms. The summed E-state index contributed by atoms with van der Waals surface area (Å²) in [5, 5.41) is 0. The van der Waals surface area contributed by atoms with Crippen LogP contribution in [0.2, 0.25) is 0 Å². The third-order valence-electron chi connectivity index (χ3n) is 10.7. The highest BCUT2D eigenvalue weighted by Gasteiger charge is 2.58. The van der Waals surface area contributed by atoms with E-state index >= 15 is 0 Å². The number of hydrogen-bond donors (Lipinski definition) is 0. The van der Waals surface area contributed by atoms with E-state index in [1.807, 2.05) is 0 Å². The van der Waals surface area contributed by atoms with Crippen molar-refractivity contribution in [2.45, 2.75) is 83.6 Å². The molecule has 1 aromatic carbocycles. The van der Waals surface area contributed by atoms with E-state index in [9.17, 15) is 4.79 Å². The number of piperidine rings is 1. The van der Waals surface area contributed by atoms with Crippen LogP contribution in [0.1, 0.15) is 76.8 Å². The molecule has 1 aromatic rings. The van der Waals surface area contributed by atoms with E-state index in [0.29, 0.717) is 23.8 Å². The van der Waals surface area contributed by atoms with Gasteiger partial charge in [0, 0.05) is 23.9 Å². The van der Waals surface area contributed by atoms with E-state index in [1.165, 1.54) is 37.7 Å². The molecule has 0 N–H and O–H groups in total. The van der Waals surface area contributed by atoms with Gasteiger partial charge in [0.25, 0.3) is 0 Å². The molecule has 3 saturated carbocycles. The van der Waals surface area contributed by atoms with Gasteiger partial charge in [-0.2, -0.15) is 0 Å². The van der Waals surface area contributed by atoms with E-state index in [-0.39, 0.29) is 10.8 Å². The topological polar surface area (TPSA) is 20.3 Å². The van der Waals surface area contributed by atoms with Crippen molar-refractivity contribution in [2.24, 2.45) is 35.0 Å². The quantitative estimate of drug-likeness (QED) is 0.611. The number of rotatable bonds is 1. The van der Waals surface area contributed by atoms with Crippen LogP contribution in [-0.4, -0.2) is 23.4 Å². The Morgan fingerprint density at radius 1 is 1.00 bits per heavy atom. The molecule has 0 spiro atoms. The Kier molecular flexibility index (Phi) is 3.89. The first-order valence-corrected chi connectivity index (χ1v) is 12.3. The van der Waals surface area contributed by atoms with E-state index in [2.05, 4.69) is 49.9 Å². The van der Waals surface area contributed by atoms with Gasteiger partial charge in [-0.15, -0.1) is 0 Å². The van der Waals surface area contributed by atoms with Crippen LogP contribution in [0, 0.1) is 35.0 Å². The number of hydrogen-bond acceptors (Lipinski definition) is 1. The maximum atomic E-state index is 14.1. The Morgan fingerprint density at radius 2 is 1.79 bits per heavy atom. The molecule has 5 unspecified atom stereocenters. The molecule has 6 rings (SSSR count). The average Bonchev–Trinajstić information content (AvgIpc) is 2.91. The molecule has 7 atom stereocenters. The maximum Gasteiger partial charge on any atom is 0.226 e. The number of carbonyl (C=O) groups is 1. The Bertz CT molecular complexity index is 843. The smallest absolute Gasteiger partial charge is 0.226 e. The van der Waals surface area contributed by atoms with Crippen LogP contribution in [0.5, 0.6) is 0 Å².